The number of piperidine rings is 1. The summed E-state index contributed by atoms with van der Waals surface area (Å²) in [6.07, 6.45) is 3.16. The Bertz CT molecular complexity index is 1040. The predicted octanol–water partition coefficient (Wildman–Crippen LogP) is 6.71. The molecule has 2 aliphatic rings. The highest BCUT2D eigenvalue weighted by Gasteiger charge is 2.32. The van der Waals surface area contributed by atoms with Gasteiger partial charge in [-0.15, -0.1) is 0 Å². The van der Waals surface area contributed by atoms with Crippen LogP contribution >= 0.6 is 0 Å². The number of ether oxygens (including phenoxy) is 1. The third kappa shape index (κ3) is 9.52. The third-order valence-electron chi connectivity index (χ3n) is 7.72. The molecule has 0 aliphatic carbocycles. The Morgan fingerprint density at radius 1 is 0.769 bits per heavy atom. The van der Waals surface area contributed by atoms with Gasteiger partial charge in [0.25, 0.3) is 0 Å². The van der Waals surface area contributed by atoms with E-state index in [1.165, 1.54) is 31.6 Å². The van der Waals surface area contributed by atoms with Crippen molar-refractivity contribution in [1.82, 2.24) is 14.7 Å². The average molecular weight is 528 g/mol. The first-order valence-electron chi connectivity index (χ1n) is 14.6. The van der Waals surface area contributed by atoms with Gasteiger partial charge in [-0.25, -0.2) is 4.79 Å². The molecule has 0 bridgehead atoms. The van der Waals surface area contributed by atoms with Crippen molar-refractivity contribution >= 4 is 6.09 Å². The van der Waals surface area contributed by atoms with Crippen LogP contribution in [0.15, 0.2) is 97.1 Å². The van der Waals surface area contributed by atoms with Crippen LogP contribution < -0.4 is 0 Å². The van der Waals surface area contributed by atoms with Gasteiger partial charge in [-0.05, 0) is 56.7 Å². The van der Waals surface area contributed by atoms with Crippen molar-refractivity contribution in [3.05, 3.63) is 108 Å². The first-order chi connectivity index (χ1) is 19.1. The number of nitrogens with zero attached hydrogens (tertiary/aromatic N) is 3. The molecule has 3 aromatic rings. The Morgan fingerprint density at radius 3 is 1.85 bits per heavy atom. The summed E-state index contributed by atoms with van der Waals surface area (Å²) in [5.74, 6) is 0.752. The van der Waals surface area contributed by atoms with E-state index in [1.54, 1.807) is 0 Å². The number of carbonyl (C=O) groups excluding carboxylic acids is 1. The molecule has 0 saturated carbocycles. The number of benzene rings is 3. The van der Waals surface area contributed by atoms with Gasteiger partial charge < -0.3 is 14.5 Å². The summed E-state index contributed by atoms with van der Waals surface area (Å²) in [5.41, 5.74) is 2.44. The highest BCUT2D eigenvalue weighted by Crippen LogP contribution is 2.24. The van der Waals surface area contributed by atoms with E-state index < -0.39 is 0 Å². The summed E-state index contributed by atoms with van der Waals surface area (Å²) in [7, 11) is 0. The minimum absolute atomic E-state index is 0.145. The van der Waals surface area contributed by atoms with Crippen LogP contribution in [0.3, 0.4) is 0 Å². The van der Waals surface area contributed by atoms with Gasteiger partial charge in [0.15, 0.2) is 0 Å². The van der Waals surface area contributed by atoms with Crippen molar-refractivity contribution in [1.29, 1.82) is 0 Å². The molecule has 2 aliphatic heterocycles. The van der Waals surface area contributed by atoms with E-state index in [2.05, 4.69) is 54.0 Å². The molecule has 0 unspecified atom stereocenters. The average Bonchev–Trinajstić information content (AvgIpc) is 3.41. The highest BCUT2D eigenvalue weighted by atomic mass is 16.6. The van der Waals surface area contributed by atoms with E-state index in [9.17, 15) is 4.79 Å². The molecule has 3 aromatic carbocycles. The Kier molecular flexibility index (Phi) is 11.4. The van der Waals surface area contributed by atoms with Gasteiger partial charge in [0, 0.05) is 44.8 Å². The lowest BCUT2D eigenvalue weighted by molar-refractivity contribution is 0.0450. The molecule has 2 saturated heterocycles. The summed E-state index contributed by atoms with van der Waals surface area (Å²) in [6.45, 7) is 11.3. The monoisotopic (exact) mass is 527 g/mol. The van der Waals surface area contributed by atoms with Gasteiger partial charge in [-0.2, -0.15) is 0 Å². The zero-order chi connectivity index (χ0) is 27.3. The van der Waals surface area contributed by atoms with Crippen molar-refractivity contribution in [2.75, 3.05) is 32.7 Å². The van der Waals surface area contributed by atoms with Gasteiger partial charge in [0.1, 0.15) is 6.61 Å². The second-order valence-electron chi connectivity index (χ2n) is 11.1. The molecule has 5 nitrogen and oxygen atoms in total. The van der Waals surface area contributed by atoms with Crippen LogP contribution in [0.25, 0.3) is 0 Å². The Hall–Kier alpha value is -3.15. The van der Waals surface area contributed by atoms with Crippen LogP contribution in [0, 0.1) is 5.92 Å². The van der Waals surface area contributed by atoms with Crippen LogP contribution in [0.1, 0.15) is 44.2 Å². The van der Waals surface area contributed by atoms with Crippen molar-refractivity contribution in [2.24, 2.45) is 5.92 Å². The second-order valence-corrected chi connectivity index (χ2v) is 11.1. The number of hydrogen-bond acceptors (Lipinski definition) is 4. The molecule has 0 spiro atoms. The minimum Gasteiger partial charge on any atom is -0.445 e. The van der Waals surface area contributed by atoms with Crippen LogP contribution in [-0.2, 0) is 17.9 Å². The molecule has 5 heteroatoms. The fourth-order valence-electron chi connectivity index (χ4n) is 5.75. The van der Waals surface area contributed by atoms with Crippen molar-refractivity contribution in [3.8, 4) is 0 Å². The first-order valence-corrected chi connectivity index (χ1v) is 14.6. The molecular weight excluding hydrogens is 482 g/mol. The number of carbonyl (C=O) groups is 1. The van der Waals surface area contributed by atoms with Gasteiger partial charge in [-0.3, -0.25) is 4.90 Å². The van der Waals surface area contributed by atoms with E-state index >= 15 is 0 Å². The van der Waals surface area contributed by atoms with Crippen molar-refractivity contribution in [2.45, 2.75) is 58.3 Å². The van der Waals surface area contributed by atoms with Crippen LogP contribution in [0.5, 0.6) is 0 Å². The number of rotatable bonds is 8. The largest absolute Gasteiger partial charge is 0.445 e. The van der Waals surface area contributed by atoms with Crippen molar-refractivity contribution in [3.63, 3.8) is 0 Å². The maximum atomic E-state index is 12.9. The predicted molar refractivity (Wildman–Crippen MR) is 159 cm³/mol. The number of hydrogen-bond donors (Lipinski definition) is 0. The van der Waals surface area contributed by atoms with Gasteiger partial charge in [0.2, 0.25) is 0 Å². The van der Waals surface area contributed by atoms with Crippen LogP contribution in [-0.4, -0.2) is 65.6 Å². The van der Waals surface area contributed by atoms with Crippen LogP contribution in [0.2, 0.25) is 0 Å². The topological polar surface area (TPSA) is 36.0 Å². The maximum absolute atomic E-state index is 12.9. The lowest BCUT2D eigenvalue weighted by Gasteiger charge is -2.40. The summed E-state index contributed by atoms with van der Waals surface area (Å²) in [5, 5.41) is 0. The summed E-state index contributed by atoms with van der Waals surface area (Å²) < 4.78 is 5.67. The molecule has 0 N–H and O–H groups in total. The number of likely N-dealkylation sites (tertiary alicyclic amines) is 2. The highest BCUT2D eigenvalue weighted by molar-refractivity contribution is 5.68. The van der Waals surface area contributed by atoms with E-state index in [0.717, 1.165) is 44.0 Å². The normalized spacial score (nSPS) is 18.4. The molecule has 0 radical (unpaired) electrons. The second kappa shape index (κ2) is 15.4. The van der Waals surface area contributed by atoms with E-state index in [4.69, 9.17) is 4.74 Å². The molecule has 1 atom stereocenters. The Balaban J connectivity index is 0.000000519. The van der Waals surface area contributed by atoms with Crippen molar-refractivity contribution < 1.29 is 9.53 Å². The molecule has 0 aromatic heterocycles. The lowest BCUT2D eigenvalue weighted by atomic mass is 10.00. The Morgan fingerprint density at radius 2 is 1.28 bits per heavy atom. The first kappa shape index (κ1) is 28.8. The molecule has 208 valence electrons. The standard InChI is InChI=1S/C28H39N3O2.C6H6/c1-23(2)31(28(32)33-22-25-11-7-4-8-12-25)27-14-17-29(18-15-27)20-26-13-16-30(21-26)19-24-9-5-3-6-10-24;1-2-4-6-5-3-1/h3-12,23,26-27H,13-22H2,1-2H3;1-6H/t26-;/m0./s1. The number of amides is 1. The summed E-state index contributed by atoms with van der Waals surface area (Å²) in [4.78, 5) is 20.1. The molecule has 39 heavy (non-hydrogen) atoms. The fourth-order valence-corrected chi connectivity index (χ4v) is 5.75. The van der Waals surface area contributed by atoms with Crippen LogP contribution in [0.4, 0.5) is 4.79 Å². The minimum atomic E-state index is -0.181. The fraction of sp³-hybridized carbons (Fsp3) is 0.441. The molecular formula is C34H45N3O2. The summed E-state index contributed by atoms with van der Waals surface area (Å²) in [6, 6.07) is 33.1. The smallest absolute Gasteiger partial charge is 0.410 e. The Labute approximate surface area is 235 Å². The zero-order valence-electron chi connectivity index (χ0n) is 23.7. The van der Waals surface area contributed by atoms with E-state index in [-0.39, 0.29) is 18.2 Å². The third-order valence-corrected chi connectivity index (χ3v) is 7.72. The molecule has 2 heterocycles. The quantitative estimate of drug-likeness (QED) is 0.326. The lowest BCUT2D eigenvalue weighted by Crippen LogP contribution is -2.51. The van der Waals surface area contributed by atoms with E-state index in [0.29, 0.717) is 6.61 Å². The summed E-state index contributed by atoms with van der Waals surface area (Å²) >= 11 is 0. The van der Waals surface area contributed by atoms with Gasteiger partial charge in [0.05, 0.1) is 0 Å². The zero-order valence-corrected chi connectivity index (χ0v) is 23.7. The molecule has 2 fully saturated rings. The maximum Gasteiger partial charge on any atom is 0.410 e. The van der Waals surface area contributed by atoms with Gasteiger partial charge in [-0.1, -0.05) is 97.1 Å². The molecule has 1 amide bonds. The SMILES string of the molecule is CC(C)N(C(=O)OCc1ccccc1)C1CCN(C[C@@H]2CCN(Cc3ccccc3)C2)CC1.c1ccccc1. The molecule has 5 rings (SSSR count). The van der Waals surface area contributed by atoms with Gasteiger partial charge >= 0.3 is 6.09 Å². The van der Waals surface area contributed by atoms with E-state index in [1.807, 2.05) is 71.6 Å².